The molecule has 0 aliphatic rings. The third-order valence-electron chi connectivity index (χ3n) is 1.65. The molecule has 0 saturated carbocycles. The summed E-state index contributed by atoms with van der Waals surface area (Å²) < 4.78 is 1.67. The summed E-state index contributed by atoms with van der Waals surface area (Å²) in [6, 6.07) is 7.54. The minimum absolute atomic E-state index is 0.693. The normalized spacial score (nSPS) is 10.2. The number of nitrogens with zero attached hydrogens (tertiary/aromatic N) is 1. The summed E-state index contributed by atoms with van der Waals surface area (Å²) in [6.45, 7) is 0. The van der Waals surface area contributed by atoms with E-state index < -0.39 is 0 Å². The first-order chi connectivity index (χ1) is 6.27. The first-order valence-electron chi connectivity index (χ1n) is 3.70. The van der Waals surface area contributed by atoms with Crippen molar-refractivity contribution in [2.24, 2.45) is 0 Å². The molecular formula is C9H6BrNOS. The standard InChI is InChI=1S/C9H6BrNOS/c10-7-3-4-8(11(12)6-7)9-2-1-5-13-9/h1-6H. The van der Waals surface area contributed by atoms with Crippen molar-refractivity contribution in [1.29, 1.82) is 0 Å². The molecular weight excluding hydrogens is 250 g/mol. The van der Waals surface area contributed by atoms with E-state index in [0.29, 0.717) is 5.69 Å². The Morgan fingerprint density at radius 3 is 2.77 bits per heavy atom. The smallest absolute Gasteiger partial charge is 0.233 e. The van der Waals surface area contributed by atoms with Gasteiger partial charge in [-0.2, -0.15) is 4.73 Å². The van der Waals surface area contributed by atoms with Gasteiger partial charge >= 0.3 is 0 Å². The average Bonchev–Trinajstić information content (AvgIpc) is 2.56. The molecule has 0 bridgehead atoms. The van der Waals surface area contributed by atoms with Crippen molar-refractivity contribution in [2.75, 3.05) is 0 Å². The third kappa shape index (κ3) is 1.73. The number of thiophene rings is 1. The number of hydrogen-bond donors (Lipinski definition) is 0. The van der Waals surface area contributed by atoms with Gasteiger partial charge in [0.2, 0.25) is 5.69 Å². The van der Waals surface area contributed by atoms with Crippen molar-refractivity contribution in [3.63, 3.8) is 0 Å². The summed E-state index contributed by atoms with van der Waals surface area (Å²) in [5.74, 6) is 0. The summed E-state index contributed by atoms with van der Waals surface area (Å²) in [6.07, 6.45) is 1.51. The quantitative estimate of drug-likeness (QED) is 0.569. The van der Waals surface area contributed by atoms with Gasteiger partial charge in [0.05, 0.1) is 9.35 Å². The monoisotopic (exact) mass is 255 g/mol. The van der Waals surface area contributed by atoms with Gasteiger partial charge in [0.15, 0.2) is 6.20 Å². The lowest BCUT2D eigenvalue weighted by atomic mass is 10.3. The zero-order valence-corrected chi connectivity index (χ0v) is 9.01. The maximum atomic E-state index is 11.4. The molecule has 0 atom stereocenters. The van der Waals surface area contributed by atoms with Gasteiger partial charge in [0.25, 0.3) is 0 Å². The molecule has 2 aromatic heterocycles. The molecule has 13 heavy (non-hydrogen) atoms. The molecule has 0 saturated heterocycles. The van der Waals surface area contributed by atoms with Crippen molar-refractivity contribution in [3.8, 4) is 10.6 Å². The van der Waals surface area contributed by atoms with Crippen LogP contribution in [0.4, 0.5) is 0 Å². The van der Waals surface area contributed by atoms with E-state index in [-0.39, 0.29) is 0 Å². The minimum Gasteiger partial charge on any atom is -0.618 e. The number of halogens is 1. The fraction of sp³-hybridized carbons (Fsp3) is 0. The highest BCUT2D eigenvalue weighted by Crippen LogP contribution is 2.22. The van der Waals surface area contributed by atoms with Crippen molar-refractivity contribution in [1.82, 2.24) is 0 Å². The number of pyridine rings is 1. The van der Waals surface area contributed by atoms with E-state index in [0.717, 1.165) is 14.1 Å². The van der Waals surface area contributed by atoms with E-state index in [1.54, 1.807) is 11.3 Å². The van der Waals surface area contributed by atoms with Gasteiger partial charge in [-0.3, -0.25) is 0 Å². The van der Waals surface area contributed by atoms with Crippen LogP contribution in [0.25, 0.3) is 10.6 Å². The van der Waals surface area contributed by atoms with Crippen LogP contribution in [0.2, 0.25) is 0 Å². The second kappa shape index (κ2) is 3.47. The lowest BCUT2D eigenvalue weighted by Crippen LogP contribution is -2.27. The predicted octanol–water partition coefficient (Wildman–Crippen LogP) is 2.81. The topological polar surface area (TPSA) is 26.9 Å². The Morgan fingerprint density at radius 2 is 2.15 bits per heavy atom. The summed E-state index contributed by atoms with van der Waals surface area (Å²) in [5, 5.41) is 13.4. The number of hydrogen-bond acceptors (Lipinski definition) is 2. The molecule has 4 heteroatoms. The Bertz CT molecular complexity index is 414. The van der Waals surface area contributed by atoms with Gasteiger partial charge in [0, 0.05) is 6.07 Å². The number of rotatable bonds is 1. The van der Waals surface area contributed by atoms with Crippen LogP contribution in [0.5, 0.6) is 0 Å². The largest absolute Gasteiger partial charge is 0.618 e. The van der Waals surface area contributed by atoms with Crippen LogP contribution in [0.3, 0.4) is 0 Å². The molecule has 0 spiro atoms. The van der Waals surface area contributed by atoms with E-state index in [1.165, 1.54) is 6.20 Å². The third-order valence-corrected chi connectivity index (χ3v) is 3.01. The van der Waals surface area contributed by atoms with Crippen molar-refractivity contribution in [2.45, 2.75) is 0 Å². The van der Waals surface area contributed by atoms with Crippen LogP contribution < -0.4 is 4.73 Å². The van der Waals surface area contributed by atoms with Crippen LogP contribution in [0, 0.1) is 5.21 Å². The molecule has 2 nitrogen and oxygen atoms in total. The number of aromatic nitrogens is 1. The summed E-state index contributed by atoms with van der Waals surface area (Å²) in [4.78, 5) is 0.988. The first-order valence-corrected chi connectivity index (χ1v) is 5.37. The van der Waals surface area contributed by atoms with E-state index in [9.17, 15) is 5.21 Å². The second-order valence-corrected chi connectivity index (χ2v) is 4.40. The molecule has 0 amide bonds. The average molecular weight is 256 g/mol. The molecule has 0 aliphatic heterocycles. The summed E-state index contributed by atoms with van der Waals surface area (Å²) >= 11 is 4.80. The Morgan fingerprint density at radius 1 is 1.31 bits per heavy atom. The second-order valence-electron chi connectivity index (χ2n) is 2.54. The van der Waals surface area contributed by atoms with Crippen LogP contribution in [-0.2, 0) is 0 Å². The van der Waals surface area contributed by atoms with Crippen molar-refractivity contribution in [3.05, 3.63) is 45.5 Å². The molecule has 66 valence electrons. The maximum Gasteiger partial charge on any atom is 0.233 e. The van der Waals surface area contributed by atoms with Crippen LogP contribution in [0.1, 0.15) is 0 Å². The predicted molar refractivity (Wildman–Crippen MR) is 56.4 cm³/mol. The highest BCUT2D eigenvalue weighted by molar-refractivity contribution is 9.10. The van der Waals surface area contributed by atoms with E-state index in [1.807, 2.05) is 29.6 Å². The Kier molecular flexibility index (Phi) is 2.33. The molecule has 2 heterocycles. The zero-order chi connectivity index (χ0) is 9.26. The van der Waals surface area contributed by atoms with Gasteiger partial charge in [-0.1, -0.05) is 6.07 Å². The molecule has 0 aromatic carbocycles. The van der Waals surface area contributed by atoms with Crippen molar-refractivity contribution < 1.29 is 4.73 Å². The van der Waals surface area contributed by atoms with Gasteiger partial charge in [0.1, 0.15) is 0 Å². The Labute approximate surface area is 88.2 Å². The van der Waals surface area contributed by atoms with E-state index in [4.69, 9.17) is 0 Å². The Balaban J connectivity index is 2.53. The molecule has 0 radical (unpaired) electrons. The summed E-state index contributed by atoms with van der Waals surface area (Å²) in [7, 11) is 0. The summed E-state index contributed by atoms with van der Waals surface area (Å²) in [5.41, 5.74) is 0.693. The van der Waals surface area contributed by atoms with Gasteiger partial charge in [-0.05, 0) is 33.4 Å². The SMILES string of the molecule is [O-][n+]1cc(Br)ccc1-c1cccs1. The van der Waals surface area contributed by atoms with Crippen LogP contribution in [0.15, 0.2) is 40.3 Å². The van der Waals surface area contributed by atoms with Crippen LogP contribution in [-0.4, -0.2) is 0 Å². The molecule has 0 aliphatic carbocycles. The molecule has 2 rings (SSSR count). The van der Waals surface area contributed by atoms with E-state index >= 15 is 0 Å². The lowest BCUT2D eigenvalue weighted by Gasteiger charge is -2.01. The zero-order valence-electron chi connectivity index (χ0n) is 6.61. The lowest BCUT2D eigenvalue weighted by molar-refractivity contribution is -0.594. The molecule has 0 N–H and O–H groups in total. The van der Waals surface area contributed by atoms with E-state index in [2.05, 4.69) is 15.9 Å². The fourth-order valence-electron chi connectivity index (χ4n) is 1.07. The maximum absolute atomic E-state index is 11.4. The molecule has 0 unspecified atom stereocenters. The highest BCUT2D eigenvalue weighted by atomic mass is 79.9. The highest BCUT2D eigenvalue weighted by Gasteiger charge is 2.08. The van der Waals surface area contributed by atoms with Crippen molar-refractivity contribution >= 4 is 27.3 Å². The van der Waals surface area contributed by atoms with Crippen LogP contribution >= 0.6 is 27.3 Å². The Hall–Kier alpha value is -0.870. The molecule has 2 aromatic rings. The molecule has 0 fully saturated rings. The minimum atomic E-state index is 0.693. The van der Waals surface area contributed by atoms with Gasteiger partial charge in [-0.15, -0.1) is 11.3 Å². The fourth-order valence-corrected chi connectivity index (χ4v) is 2.13. The van der Waals surface area contributed by atoms with Gasteiger partial charge in [-0.25, -0.2) is 0 Å². The first kappa shape index (κ1) is 8.72. The van der Waals surface area contributed by atoms with Gasteiger partial charge < -0.3 is 5.21 Å².